The fourth-order valence-corrected chi connectivity index (χ4v) is 3.16. The number of aryl methyl sites for hydroxylation is 2. The first-order valence-corrected chi connectivity index (χ1v) is 7.96. The Kier molecular flexibility index (Phi) is 4.41. The molecular formula is C16H16N2O2S. The van der Waals surface area contributed by atoms with Gasteiger partial charge in [0.05, 0.1) is 16.5 Å². The van der Waals surface area contributed by atoms with Crippen LogP contribution in [-0.4, -0.2) is 8.42 Å². The first kappa shape index (κ1) is 15.2. The highest BCUT2D eigenvalue weighted by Gasteiger charge is 2.13. The number of hydrogen-bond donors (Lipinski definition) is 1. The van der Waals surface area contributed by atoms with Gasteiger partial charge < -0.3 is 0 Å². The van der Waals surface area contributed by atoms with Crippen LogP contribution in [0.3, 0.4) is 0 Å². The Labute approximate surface area is 125 Å². The smallest absolute Gasteiger partial charge is 0.207 e. The zero-order valence-corrected chi connectivity index (χ0v) is 12.7. The number of nitrogens with zero attached hydrogens (tertiary/aromatic N) is 1. The molecule has 2 rings (SSSR count). The van der Waals surface area contributed by atoms with Gasteiger partial charge in [-0.15, -0.1) is 0 Å². The molecule has 108 valence electrons. The van der Waals surface area contributed by atoms with Crippen LogP contribution < -0.4 is 4.72 Å². The van der Waals surface area contributed by atoms with E-state index in [2.05, 4.69) is 4.72 Å². The Balaban J connectivity index is 2.15. The van der Waals surface area contributed by atoms with Crippen molar-refractivity contribution in [3.8, 4) is 6.07 Å². The van der Waals surface area contributed by atoms with Crippen molar-refractivity contribution >= 4 is 10.0 Å². The Morgan fingerprint density at radius 2 is 1.62 bits per heavy atom. The number of rotatable bonds is 4. The third-order valence-electron chi connectivity index (χ3n) is 3.04. The van der Waals surface area contributed by atoms with Crippen molar-refractivity contribution in [2.75, 3.05) is 0 Å². The van der Waals surface area contributed by atoms with Crippen molar-refractivity contribution in [1.82, 2.24) is 4.72 Å². The van der Waals surface area contributed by atoms with Gasteiger partial charge in [-0.3, -0.25) is 0 Å². The molecule has 0 heterocycles. The number of benzene rings is 2. The lowest BCUT2D eigenvalue weighted by Gasteiger charge is -2.08. The molecular weight excluding hydrogens is 284 g/mol. The largest absolute Gasteiger partial charge is 0.240 e. The molecule has 0 atom stereocenters. The lowest BCUT2D eigenvalue weighted by Crippen LogP contribution is -2.23. The standard InChI is InChI=1S/C16H16N2O2S/c1-12-7-13(2)9-15(8-12)11-18-21(19,20)16-5-3-14(10-17)4-6-16/h3-9,18H,11H2,1-2H3. The second kappa shape index (κ2) is 6.08. The van der Waals surface area contributed by atoms with E-state index in [1.807, 2.05) is 38.1 Å². The van der Waals surface area contributed by atoms with E-state index in [0.29, 0.717) is 5.56 Å². The summed E-state index contributed by atoms with van der Waals surface area (Å²) in [7, 11) is -3.57. The van der Waals surface area contributed by atoms with Crippen LogP contribution in [0.25, 0.3) is 0 Å². The lowest BCUT2D eigenvalue weighted by molar-refractivity contribution is 0.581. The number of sulfonamides is 1. The average molecular weight is 300 g/mol. The Hall–Kier alpha value is -2.16. The van der Waals surface area contributed by atoms with Gasteiger partial charge >= 0.3 is 0 Å². The summed E-state index contributed by atoms with van der Waals surface area (Å²) in [6.07, 6.45) is 0. The van der Waals surface area contributed by atoms with Gasteiger partial charge in [0.2, 0.25) is 10.0 Å². The predicted octanol–water partition coefficient (Wildman–Crippen LogP) is 2.65. The van der Waals surface area contributed by atoms with Crippen LogP contribution in [0.15, 0.2) is 47.4 Å². The quantitative estimate of drug-likeness (QED) is 0.943. The summed E-state index contributed by atoms with van der Waals surface area (Å²) in [5, 5.41) is 8.72. The molecule has 2 aromatic rings. The SMILES string of the molecule is Cc1cc(C)cc(CNS(=O)(=O)c2ccc(C#N)cc2)c1. The normalized spacial score (nSPS) is 11.1. The molecule has 0 fully saturated rings. The van der Waals surface area contributed by atoms with Crippen molar-refractivity contribution in [2.45, 2.75) is 25.3 Å². The molecule has 0 aliphatic rings. The Morgan fingerprint density at radius 3 is 2.14 bits per heavy atom. The van der Waals surface area contributed by atoms with Gasteiger partial charge in [-0.1, -0.05) is 29.3 Å². The molecule has 0 aliphatic heterocycles. The Morgan fingerprint density at radius 1 is 1.05 bits per heavy atom. The average Bonchev–Trinajstić information content (AvgIpc) is 2.44. The summed E-state index contributed by atoms with van der Waals surface area (Å²) in [6.45, 7) is 4.20. The molecule has 4 nitrogen and oxygen atoms in total. The summed E-state index contributed by atoms with van der Waals surface area (Å²) >= 11 is 0. The van der Waals surface area contributed by atoms with Gasteiger partial charge in [-0.2, -0.15) is 5.26 Å². The molecule has 0 spiro atoms. The van der Waals surface area contributed by atoms with Gasteiger partial charge in [-0.25, -0.2) is 13.1 Å². The second-order valence-electron chi connectivity index (χ2n) is 4.96. The van der Waals surface area contributed by atoms with Crippen LogP contribution in [0.2, 0.25) is 0 Å². The van der Waals surface area contributed by atoms with Crippen LogP contribution >= 0.6 is 0 Å². The zero-order valence-electron chi connectivity index (χ0n) is 11.9. The first-order chi connectivity index (χ1) is 9.90. The molecule has 0 saturated carbocycles. The molecule has 0 aliphatic carbocycles. The minimum atomic E-state index is -3.57. The summed E-state index contributed by atoms with van der Waals surface area (Å²) in [5.41, 5.74) is 3.55. The minimum absolute atomic E-state index is 0.158. The third kappa shape index (κ3) is 3.91. The van der Waals surface area contributed by atoms with E-state index >= 15 is 0 Å². The molecule has 0 saturated heterocycles. The number of nitrogens with one attached hydrogen (secondary N) is 1. The monoisotopic (exact) mass is 300 g/mol. The molecule has 0 unspecified atom stereocenters. The number of hydrogen-bond acceptors (Lipinski definition) is 3. The highest BCUT2D eigenvalue weighted by molar-refractivity contribution is 7.89. The fourth-order valence-electron chi connectivity index (χ4n) is 2.14. The maximum atomic E-state index is 12.2. The molecule has 5 heteroatoms. The third-order valence-corrected chi connectivity index (χ3v) is 4.46. The van der Waals surface area contributed by atoms with Crippen LogP contribution in [0.1, 0.15) is 22.3 Å². The minimum Gasteiger partial charge on any atom is -0.207 e. The maximum absolute atomic E-state index is 12.2. The van der Waals surface area contributed by atoms with E-state index in [9.17, 15) is 8.42 Å². The van der Waals surface area contributed by atoms with Gasteiger partial charge in [0, 0.05) is 6.54 Å². The van der Waals surface area contributed by atoms with Gasteiger partial charge in [-0.05, 0) is 43.7 Å². The highest BCUT2D eigenvalue weighted by Crippen LogP contribution is 2.12. The van der Waals surface area contributed by atoms with Crippen molar-refractivity contribution in [1.29, 1.82) is 5.26 Å². The van der Waals surface area contributed by atoms with E-state index < -0.39 is 10.0 Å². The predicted molar refractivity (Wildman–Crippen MR) is 81.1 cm³/mol. The molecule has 2 aromatic carbocycles. The van der Waals surface area contributed by atoms with E-state index in [1.54, 1.807) is 0 Å². The molecule has 0 radical (unpaired) electrons. The summed E-state index contributed by atoms with van der Waals surface area (Å²) in [5.74, 6) is 0. The molecule has 1 N–H and O–H groups in total. The van der Waals surface area contributed by atoms with Crippen molar-refractivity contribution in [2.24, 2.45) is 0 Å². The van der Waals surface area contributed by atoms with E-state index in [-0.39, 0.29) is 11.4 Å². The van der Waals surface area contributed by atoms with Crippen molar-refractivity contribution in [3.63, 3.8) is 0 Å². The molecule has 21 heavy (non-hydrogen) atoms. The zero-order chi connectivity index (χ0) is 15.5. The van der Waals surface area contributed by atoms with E-state index in [0.717, 1.165) is 16.7 Å². The van der Waals surface area contributed by atoms with Crippen LogP contribution in [-0.2, 0) is 16.6 Å². The molecule has 0 bridgehead atoms. The summed E-state index contributed by atoms with van der Waals surface area (Å²) in [4.78, 5) is 0.158. The summed E-state index contributed by atoms with van der Waals surface area (Å²) < 4.78 is 26.9. The van der Waals surface area contributed by atoms with Crippen LogP contribution in [0.4, 0.5) is 0 Å². The maximum Gasteiger partial charge on any atom is 0.240 e. The van der Waals surface area contributed by atoms with Gasteiger partial charge in [0.15, 0.2) is 0 Å². The van der Waals surface area contributed by atoms with E-state index in [4.69, 9.17) is 5.26 Å². The fraction of sp³-hybridized carbons (Fsp3) is 0.188. The van der Waals surface area contributed by atoms with Crippen LogP contribution in [0, 0.1) is 25.2 Å². The summed E-state index contributed by atoms with van der Waals surface area (Å²) in [6, 6.07) is 13.8. The number of nitriles is 1. The molecule has 0 aromatic heterocycles. The van der Waals surface area contributed by atoms with Gasteiger partial charge in [0.25, 0.3) is 0 Å². The lowest BCUT2D eigenvalue weighted by atomic mass is 10.1. The highest BCUT2D eigenvalue weighted by atomic mass is 32.2. The Bertz CT molecular complexity index is 768. The van der Waals surface area contributed by atoms with E-state index in [1.165, 1.54) is 24.3 Å². The van der Waals surface area contributed by atoms with Crippen molar-refractivity contribution < 1.29 is 8.42 Å². The van der Waals surface area contributed by atoms with Crippen molar-refractivity contribution in [3.05, 3.63) is 64.7 Å². The van der Waals surface area contributed by atoms with Gasteiger partial charge in [0.1, 0.15) is 0 Å². The topological polar surface area (TPSA) is 70.0 Å². The second-order valence-corrected chi connectivity index (χ2v) is 6.72. The molecule has 0 amide bonds. The van der Waals surface area contributed by atoms with Crippen LogP contribution in [0.5, 0.6) is 0 Å². The first-order valence-electron chi connectivity index (χ1n) is 6.48.